The maximum Gasteiger partial charge on any atom is 0.227 e. The quantitative estimate of drug-likeness (QED) is 0.427. The van der Waals surface area contributed by atoms with Crippen LogP contribution in [0.2, 0.25) is 0 Å². The van der Waals surface area contributed by atoms with E-state index in [1.165, 1.54) is 34.2 Å². The van der Waals surface area contributed by atoms with Crippen LogP contribution in [-0.2, 0) is 11.2 Å². The van der Waals surface area contributed by atoms with Crippen molar-refractivity contribution in [2.24, 2.45) is 11.8 Å². The van der Waals surface area contributed by atoms with Crippen LogP contribution in [-0.4, -0.2) is 61.1 Å². The Hall–Kier alpha value is -2.64. The molecule has 0 saturated carbocycles. The monoisotopic (exact) mass is 520 g/mol. The summed E-state index contributed by atoms with van der Waals surface area (Å²) in [4.78, 5) is 20.4. The van der Waals surface area contributed by atoms with Crippen LogP contribution in [0.25, 0.3) is 10.8 Å². The zero-order valence-electron chi connectivity index (χ0n) is 21.3. The largest absolute Gasteiger partial charge is 0.377 e. The Kier molecular flexibility index (Phi) is 7.77. The van der Waals surface area contributed by atoms with Gasteiger partial charge in [0.2, 0.25) is 5.91 Å². The average Bonchev–Trinajstić information content (AvgIpc) is 3.42. The van der Waals surface area contributed by atoms with Crippen LogP contribution in [0.4, 0.5) is 11.4 Å². The molecular formula is C29H36N4OS2. The number of benzene rings is 2. The number of nitrogens with one attached hydrogen (secondary N) is 1. The molecule has 2 aromatic carbocycles. The first-order valence-corrected chi connectivity index (χ1v) is 14.3. The van der Waals surface area contributed by atoms with Crippen LogP contribution < -0.4 is 10.2 Å². The second-order valence-corrected chi connectivity index (χ2v) is 11.7. The van der Waals surface area contributed by atoms with Gasteiger partial charge in [0.05, 0.1) is 6.42 Å². The Labute approximate surface area is 224 Å². The zero-order chi connectivity index (χ0) is 25.1. The number of likely N-dealkylation sites (tertiary alicyclic amines) is 2. The molecule has 0 atom stereocenters. The topological polar surface area (TPSA) is 38.8 Å². The van der Waals surface area contributed by atoms with E-state index in [9.17, 15) is 4.79 Å². The minimum Gasteiger partial charge on any atom is -0.377 e. The lowest BCUT2D eigenvalue weighted by Crippen LogP contribution is -2.45. The van der Waals surface area contributed by atoms with Gasteiger partial charge in [0.1, 0.15) is 0 Å². The van der Waals surface area contributed by atoms with Gasteiger partial charge in [-0.05, 0) is 73.3 Å². The minimum absolute atomic E-state index is 0.285. The number of carbonyl (C=O) groups excluding carboxylic acids is 1. The summed E-state index contributed by atoms with van der Waals surface area (Å²) < 4.78 is 0. The number of amides is 1. The van der Waals surface area contributed by atoms with Crippen LogP contribution >= 0.6 is 23.6 Å². The lowest BCUT2D eigenvalue weighted by atomic mass is 9.79. The van der Waals surface area contributed by atoms with Gasteiger partial charge >= 0.3 is 0 Å². The van der Waals surface area contributed by atoms with E-state index in [4.69, 9.17) is 12.2 Å². The molecule has 5 nitrogen and oxygen atoms in total. The molecular weight excluding hydrogens is 484 g/mol. The molecule has 3 aromatic rings. The minimum atomic E-state index is 0.285. The van der Waals surface area contributed by atoms with Gasteiger partial charge in [0, 0.05) is 67.3 Å². The van der Waals surface area contributed by atoms with E-state index < -0.39 is 0 Å². The maximum absolute atomic E-state index is 12.7. The van der Waals surface area contributed by atoms with Crippen molar-refractivity contribution in [3.63, 3.8) is 0 Å². The number of anilines is 2. The fourth-order valence-corrected chi connectivity index (χ4v) is 6.83. The summed E-state index contributed by atoms with van der Waals surface area (Å²) in [5.74, 6) is 1.74. The van der Waals surface area contributed by atoms with Crippen LogP contribution in [0, 0.1) is 11.8 Å². The van der Waals surface area contributed by atoms with E-state index in [0.29, 0.717) is 6.42 Å². The van der Waals surface area contributed by atoms with Crippen molar-refractivity contribution in [3.8, 4) is 0 Å². The number of thiocarbonyl (C=S) groups is 1. The van der Waals surface area contributed by atoms with Gasteiger partial charge in [-0.15, -0.1) is 11.3 Å². The number of carbonyl (C=O) groups is 1. The highest BCUT2D eigenvalue weighted by molar-refractivity contribution is 7.80. The second-order valence-electron chi connectivity index (χ2n) is 10.3. The predicted molar refractivity (Wildman–Crippen MR) is 156 cm³/mol. The molecule has 2 fully saturated rings. The van der Waals surface area contributed by atoms with Gasteiger partial charge in [-0.3, -0.25) is 4.79 Å². The number of fused-ring (bicyclic) bond motifs is 1. The average molecular weight is 521 g/mol. The van der Waals surface area contributed by atoms with Crippen molar-refractivity contribution >= 4 is 56.7 Å². The third-order valence-electron chi connectivity index (χ3n) is 7.92. The van der Waals surface area contributed by atoms with E-state index in [1.54, 1.807) is 11.3 Å². The number of hydrogen-bond acceptors (Lipinski definition) is 4. The summed E-state index contributed by atoms with van der Waals surface area (Å²) in [7, 11) is 4.16. The first-order valence-electron chi connectivity index (χ1n) is 13.0. The van der Waals surface area contributed by atoms with Crippen molar-refractivity contribution in [2.75, 3.05) is 50.5 Å². The van der Waals surface area contributed by atoms with Gasteiger partial charge < -0.3 is 20.0 Å². The maximum atomic E-state index is 12.7. The Bertz CT molecular complexity index is 1190. The van der Waals surface area contributed by atoms with Gasteiger partial charge in [0.25, 0.3) is 0 Å². The second kappa shape index (κ2) is 11.2. The molecule has 36 heavy (non-hydrogen) atoms. The number of nitrogens with zero attached hydrogens (tertiary/aromatic N) is 3. The summed E-state index contributed by atoms with van der Waals surface area (Å²) in [5.41, 5.74) is 2.28. The molecule has 2 aliphatic heterocycles. The fraction of sp³-hybridized carbons (Fsp3) is 0.448. The van der Waals surface area contributed by atoms with E-state index in [2.05, 4.69) is 76.6 Å². The Balaban J connectivity index is 1.12. The van der Waals surface area contributed by atoms with Gasteiger partial charge in [0.15, 0.2) is 5.11 Å². The molecule has 1 N–H and O–H groups in total. The first kappa shape index (κ1) is 25.0. The number of rotatable bonds is 5. The van der Waals surface area contributed by atoms with Gasteiger partial charge in [-0.1, -0.05) is 30.3 Å². The molecule has 0 aliphatic carbocycles. The highest BCUT2D eigenvalue weighted by atomic mass is 32.1. The SMILES string of the molecule is CN(C)c1ccc(NC(=S)N2CCC(C3CCN(C(=O)Cc4cccs4)CC3)CC2)c2ccccc12. The molecule has 7 heteroatoms. The van der Waals surface area contributed by atoms with Crippen molar-refractivity contribution in [1.82, 2.24) is 9.80 Å². The molecule has 190 valence electrons. The number of hydrogen-bond donors (Lipinski definition) is 1. The summed E-state index contributed by atoms with van der Waals surface area (Å²) in [6, 6.07) is 16.9. The molecule has 0 unspecified atom stereocenters. The molecule has 2 saturated heterocycles. The third kappa shape index (κ3) is 5.52. The van der Waals surface area contributed by atoms with Crippen molar-refractivity contribution < 1.29 is 4.79 Å². The normalized spacial score (nSPS) is 17.4. The van der Waals surface area contributed by atoms with Crippen LogP contribution in [0.1, 0.15) is 30.6 Å². The summed E-state index contributed by atoms with van der Waals surface area (Å²) in [5, 5.41) is 8.84. The Morgan fingerprint density at radius 2 is 1.56 bits per heavy atom. The Morgan fingerprint density at radius 3 is 2.17 bits per heavy atom. The fourth-order valence-electron chi connectivity index (χ4n) is 5.84. The van der Waals surface area contributed by atoms with Crippen molar-refractivity contribution in [1.29, 1.82) is 0 Å². The van der Waals surface area contributed by atoms with Gasteiger partial charge in [-0.25, -0.2) is 0 Å². The van der Waals surface area contributed by atoms with Crippen molar-refractivity contribution in [2.45, 2.75) is 32.1 Å². The number of piperidine rings is 2. The smallest absolute Gasteiger partial charge is 0.227 e. The predicted octanol–water partition coefficient (Wildman–Crippen LogP) is 5.86. The zero-order valence-corrected chi connectivity index (χ0v) is 22.9. The highest BCUT2D eigenvalue weighted by Gasteiger charge is 2.31. The molecule has 0 radical (unpaired) electrons. The molecule has 0 bridgehead atoms. The molecule has 2 aliphatic rings. The van der Waals surface area contributed by atoms with Crippen LogP contribution in [0.3, 0.4) is 0 Å². The summed E-state index contributed by atoms with van der Waals surface area (Å²) in [6.45, 7) is 3.82. The van der Waals surface area contributed by atoms with Crippen molar-refractivity contribution in [3.05, 3.63) is 58.8 Å². The van der Waals surface area contributed by atoms with E-state index in [1.807, 2.05) is 11.4 Å². The summed E-state index contributed by atoms with van der Waals surface area (Å²) >= 11 is 7.52. The van der Waals surface area contributed by atoms with E-state index in [0.717, 1.165) is 61.7 Å². The molecule has 0 spiro atoms. The Morgan fingerprint density at radius 1 is 0.917 bits per heavy atom. The summed E-state index contributed by atoms with van der Waals surface area (Å²) in [6.07, 6.45) is 5.17. The van der Waals surface area contributed by atoms with Crippen LogP contribution in [0.15, 0.2) is 53.9 Å². The molecule has 3 heterocycles. The molecule has 1 aromatic heterocycles. The molecule has 1 amide bonds. The lowest BCUT2D eigenvalue weighted by molar-refractivity contribution is -0.132. The van der Waals surface area contributed by atoms with E-state index in [-0.39, 0.29) is 5.91 Å². The van der Waals surface area contributed by atoms with E-state index >= 15 is 0 Å². The molecule has 5 rings (SSSR count). The standard InChI is InChI=1S/C29H36N4OS2/c1-31(2)27-10-9-26(24-7-3-4-8-25(24)27)30-29(35)33-17-13-22(14-18-33)21-11-15-32(16-12-21)28(34)20-23-6-5-19-36-23/h3-10,19,21-22H,11-18,20H2,1-2H3,(H,30,35). The highest BCUT2D eigenvalue weighted by Crippen LogP contribution is 2.34. The third-order valence-corrected chi connectivity index (χ3v) is 9.15. The van der Waals surface area contributed by atoms with Gasteiger partial charge in [-0.2, -0.15) is 0 Å². The first-order chi connectivity index (χ1) is 17.5. The lowest BCUT2D eigenvalue weighted by Gasteiger charge is -2.41. The number of thiophene rings is 1. The van der Waals surface area contributed by atoms with Crippen LogP contribution in [0.5, 0.6) is 0 Å².